The van der Waals surface area contributed by atoms with Gasteiger partial charge in [0.15, 0.2) is 0 Å². The van der Waals surface area contributed by atoms with Gasteiger partial charge >= 0.3 is 0 Å². The molecule has 1 N–H and O–H groups in total. The van der Waals surface area contributed by atoms with Gasteiger partial charge in [0.2, 0.25) is 0 Å². The van der Waals surface area contributed by atoms with Crippen LogP contribution in [0, 0.1) is 0 Å². The summed E-state index contributed by atoms with van der Waals surface area (Å²) in [7, 11) is 0. The van der Waals surface area contributed by atoms with E-state index in [4.69, 9.17) is 0 Å². The molecule has 0 aliphatic carbocycles. The minimum absolute atomic E-state index is 0.812. The first-order valence-corrected chi connectivity index (χ1v) is 7.51. The third-order valence-corrected chi connectivity index (χ3v) is 3.35. The van der Waals surface area contributed by atoms with Gasteiger partial charge in [-0.25, -0.2) is 4.98 Å². The third kappa shape index (κ3) is 3.59. The van der Waals surface area contributed by atoms with Gasteiger partial charge in [0.05, 0.1) is 12.2 Å². The van der Waals surface area contributed by atoms with E-state index in [2.05, 4.69) is 59.1 Å². The maximum absolute atomic E-state index is 4.66. The fraction of sp³-hybridized carbons (Fsp3) is 0.500. The Labute approximate surface area is 121 Å². The monoisotopic (exact) mass is 272 g/mol. The van der Waals surface area contributed by atoms with Crippen LogP contribution in [0.15, 0.2) is 24.4 Å². The molecule has 2 heterocycles. The van der Waals surface area contributed by atoms with Crippen LogP contribution in [-0.2, 0) is 19.4 Å². The molecular formula is C16H24N4. The third-order valence-electron chi connectivity index (χ3n) is 3.35. The van der Waals surface area contributed by atoms with Crippen molar-refractivity contribution in [3.63, 3.8) is 0 Å². The van der Waals surface area contributed by atoms with Gasteiger partial charge < -0.3 is 5.32 Å². The van der Waals surface area contributed by atoms with Crippen molar-refractivity contribution in [2.45, 2.75) is 46.6 Å². The van der Waals surface area contributed by atoms with Gasteiger partial charge in [0, 0.05) is 18.4 Å². The topological polar surface area (TPSA) is 42.7 Å². The molecule has 2 rings (SSSR count). The lowest BCUT2D eigenvalue weighted by Gasteiger charge is -2.08. The number of hydrogen-bond donors (Lipinski definition) is 1. The molecule has 108 valence electrons. The number of nitrogens with one attached hydrogen (secondary N) is 1. The maximum atomic E-state index is 4.66. The highest BCUT2D eigenvalue weighted by molar-refractivity contribution is 5.37. The van der Waals surface area contributed by atoms with Gasteiger partial charge in [-0.05, 0) is 43.0 Å². The molecule has 0 aliphatic rings. The van der Waals surface area contributed by atoms with Crippen LogP contribution in [0.3, 0.4) is 0 Å². The number of pyridine rings is 1. The highest BCUT2D eigenvalue weighted by Gasteiger charge is 2.06. The standard InChI is InChI=1S/C16H24N4/c1-4-8-17-16-10-13(7-9-18-16)12-20-15(6-3)11-14(5-2)19-20/h7,9-11H,4-6,8,12H2,1-3H3,(H,17,18). The van der Waals surface area contributed by atoms with Crippen molar-refractivity contribution in [3.05, 3.63) is 41.3 Å². The van der Waals surface area contributed by atoms with E-state index in [0.29, 0.717) is 0 Å². The quantitative estimate of drug-likeness (QED) is 0.841. The molecular weight excluding hydrogens is 248 g/mol. The number of aryl methyl sites for hydroxylation is 2. The van der Waals surface area contributed by atoms with Crippen LogP contribution in [0.25, 0.3) is 0 Å². The van der Waals surface area contributed by atoms with Crippen LogP contribution in [0.2, 0.25) is 0 Å². The van der Waals surface area contributed by atoms with Crippen molar-refractivity contribution in [1.29, 1.82) is 0 Å². The van der Waals surface area contributed by atoms with Gasteiger partial charge in [-0.3, -0.25) is 4.68 Å². The molecule has 0 radical (unpaired) electrons. The first kappa shape index (κ1) is 14.6. The maximum Gasteiger partial charge on any atom is 0.126 e. The molecule has 0 aromatic carbocycles. The molecule has 0 saturated heterocycles. The van der Waals surface area contributed by atoms with E-state index in [-0.39, 0.29) is 0 Å². The summed E-state index contributed by atoms with van der Waals surface area (Å²) in [6.07, 6.45) is 4.97. The number of hydrogen-bond acceptors (Lipinski definition) is 3. The number of aromatic nitrogens is 3. The summed E-state index contributed by atoms with van der Waals surface area (Å²) in [4.78, 5) is 4.34. The van der Waals surface area contributed by atoms with Crippen LogP contribution in [0.1, 0.15) is 44.1 Å². The summed E-state index contributed by atoms with van der Waals surface area (Å²) in [6, 6.07) is 6.38. The Bertz CT molecular complexity index is 545. The van der Waals surface area contributed by atoms with E-state index in [9.17, 15) is 0 Å². The van der Waals surface area contributed by atoms with E-state index in [0.717, 1.165) is 38.2 Å². The molecule has 0 amide bonds. The first-order valence-electron chi connectivity index (χ1n) is 7.51. The first-order chi connectivity index (χ1) is 9.76. The average Bonchev–Trinajstić information content (AvgIpc) is 2.87. The molecule has 0 bridgehead atoms. The van der Waals surface area contributed by atoms with Crippen molar-refractivity contribution < 1.29 is 0 Å². The Morgan fingerprint density at radius 2 is 2.00 bits per heavy atom. The van der Waals surface area contributed by atoms with Crippen molar-refractivity contribution in [2.75, 3.05) is 11.9 Å². The zero-order chi connectivity index (χ0) is 14.4. The fourth-order valence-corrected chi connectivity index (χ4v) is 2.20. The van der Waals surface area contributed by atoms with Crippen molar-refractivity contribution >= 4 is 5.82 Å². The second-order valence-corrected chi connectivity index (χ2v) is 4.97. The molecule has 0 fully saturated rings. The number of anilines is 1. The fourth-order valence-electron chi connectivity index (χ4n) is 2.20. The highest BCUT2D eigenvalue weighted by Crippen LogP contribution is 2.12. The number of nitrogens with zero attached hydrogens (tertiary/aromatic N) is 3. The zero-order valence-electron chi connectivity index (χ0n) is 12.7. The van der Waals surface area contributed by atoms with E-state index in [1.165, 1.54) is 17.0 Å². The summed E-state index contributed by atoms with van der Waals surface area (Å²) in [5.74, 6) is 0.949. The van der Waals surface area contributed by atoms with Crippen LogP contribution in [0.5, 0.6) is 0 Å². The van der Waals surface area contributed by atoms with Gasteiger partial charge in [-0.2, -0.15) is 5.10 Å². The normalized spacial score (nSPS) is 10.8. The molecule has 0 saturated carbocycles. The van der Waals surface area contributed by atoms with E-state index < -0.39 is 0 Å². The summed E-state index contributed by atoms with van der Waals surface area (Å²) in [6.45, 7) is 8.24. The molecule has 2 aromatic heterocycles. The average molecular weight is 272 g/mol. The van der Waals surface area contributed by atoms with Crippen LogP contribution in [-0.4, -0.2) is 21.3 Å². The van der Waals surface area contributed by atoms with Crippen molar-refractivity contribution in [2.24, 2.45) is 0 Å². The van der Waals surface area contributed by atoms with Crippen LogP contribution >= 0.6 is 0 Å². The second kappa shape index (κ2) is 7.08. The Balaban J connectivity index is 2.14. The molecule has 4 nitrogen and oxygen atoms in total. The number of rotatable bonds is 7. The predicted octanol–water partition coefficient (Wildman–Crippen LogP) is 3.27. The summed E-state index contributed by atoms with van der Waals surface area (Å²) >= 11 is 0. The van der Waals surface area contributed by atoms with Gasteiger partial charge in [0.1, 0.15) is 5.82 Å². The van der Waals surface area contributed by atoms with E-state index in [1.54, 1.807) is 0 Å². The molecule has 20 heavy (non-hydrogen) atoms. The Morgan fingerprint density at radius 1 is 1.15 bits per heavy atom. The minimum Gasteiger partial charge on any atom is -0.370 e. The smallest absolute Gasteiger partial charge is 0.126 e. The summed E-state index contributed by atoms with van der Waals surface area (Å²) in [5, 5.41) is 7.99. The lowest BCUT2D eigenvalue weighted by Crippen LogP contribution is -2.07. The summed E-state index contributed by atoms with van der Waals surface area (Å²) < 4.78 is 2.11. The summed E-state index contributed by atoms with van der Waals surface area (Å²) in [5.41, 5.74) is 3.70. The van der Waals surface area contributed by atoms with Gasteiger partial charge in [0.25, 0.3) is 0 Å². The Kier molecular flexibility index (Phi) is 5.16. The molecule has 0 spiro atoms. The largest absolute Gasteiger partial charge is 0.370 e. The molecule has 2 aromatic rings. The minimum atomic E-state index is 0.812. The lowest BCUT2D eigenvalue weighted by molar-refractivity contribution is 0.640. The zero-order valence-corrected chi connectivity index (χ0v) is 12.7. The Morgan fingerprint density at radius 3 is 2.70 bits per heavy atom. The SMILES string of the molecule is CCCNc1cc(Cn2nc(CC)cc2CC)ccn1. The van der Waals surface area contributed by atoms with Crippen molar-refractivity contribution in [1.82, 2.24) is 14.8 Å². The second-order valence-electron chi connectivity index (χ2n) is 4.97. The van der Waals surface area contributed by atoms with Crippen LogP contribution < -0.4 is 5.32 Å². The van der Waals surface area contributed by atoms with Crippen LogP contribution in [0.4, 0.5) is 5.82 Å². The van der Waals surface area contributed by atoms with E-state index in [1.807, 2.05) is 6.20 Å². The molecule has 0 aliphatic heterocycles. The van der Waals surface area contributed by atoms with E-state index >= 15 is 0 Å². The predicted molar refractivity (Wildman–Crippen MR) is 83.1 cm³/mol. The molecule has 0 unspecified atom stereocenters. The molecule has 0 atom stereocenters. The van der Waals surface area contributed by atoms with Gasteiger partial charge in [-0.1, -0.05) is 20.8 Å². The highest BCUT2D eigenvalue weighted by atomic mass is 15.3. The van der Waals surface area contributed by atoms with Crippen molar-refractivity contribution in [3.8, 4) is 0 Å². The lowest BCUT2D eigenvalue weighted by atomic mass is 10.2. The Hall–Kier alpha value is -1.84. The van der Waals surface area contributed by atoms with Gasteiger partial charge in [-0.15, -0.1) is 0 Å². The molecule has 4 heteroatoms.